The summed E-state index contributed by atoms with van der Waals surface area (Å²) in [5, 5.41) is 14.8. The predicted octanol–water partition coefficient (Wildman–Crippen LogP) is 1.72. The van der Waals surface area contributed by atoms with Gasteiger partial charge < -0.3 is 30.0 Å². The highest BCUT2D eigenvalue weighted by Gasteiger charge is 2.26. The van der Waals surface area contributed by atoms with E-state index in [1.54, 1.807) is 41.5 Å². The maximum Gasteiger partial charge on any atom is 0.408 e. The molecule has 0 aromatic heterocycles. The van der Waals surface area contributed by atoms with Gasteiger partial charge in [-0.15, -0.1) is 0 Å². The van der Waals surface area contributed by atoms with Crippen LogP contribution in [0, 0.1) is 0 Å². The zero-order valence-electron chi connectivity index (χ0n) is 16.7. The lowest BCUT2D eigenvalue weighted by Crippen LogP contribution is -2.44. The number of methoxy groups -OCH3 is 1. The summed E-state index contributed by atoms with van der Waals surface area (Å²) in [5.41, 5.74) is -1.34. The van der Waals surface area contributed by atoms with Crippen molar-refractivity contribution in [3.05, 3.63) is 0 Å². The van der Waals surface area contributed by atoms with Gasteiger partial charge >= 0.3 is 18.2 Å². The van der Waals surface area contributed by atoms with Crippen LogP contribution in [-0.2, 0) is 19.0 Å². The second kappa shape index (κ2) is 10.2. The molecule has 3 N–H and O–H groups in total. The zero-order valence-corrected chi connectivity index (χ0v) is 16.7. The topological polar surface area (TPSA) is 123 Å². The highest BCUT2D eigenvalue weighted by atomic mass is 16.6. The number of aliphatic hydroxyl groups is 1. The van der Waals surface area contributed by atoms with Crippen LogP contribution in [-0.4, -0.2) is 60.3 Å². The number of ether oxygens (including phenoxy) is 3. The normalized spacial score (nSPS) is 14.0. The summed E-state index contributed by atoms with van der Waals surface area (Å²) in [4.78, 5) is 35.1. The second-order valence-corrected chi connectivity index (χ2v) is 7.84. The number of nitrogens with one attached hydrogen (secondary N) is 2. The fourth-order valence-corrected chi connectivity index (χ4v) is 1.82. The van der Waals surface area contributed by atoms with Crippen molar-refractivity contribution in [2.45, 2.75) is 77.7 Å². The van der Waals surface area contributed by atoms with E-state index in [2.05, 4.69) is 15.4 Å². The average Bonchev–Trinajstić information content (AvgIpc) is 2.44. The molecule has 0 saturated heterocycles. The third-order valence-electron chi connectivity index (χ3n) is 2.85. The molecule has 9 heteroatoms. The van der Waals surface area contributed by atoms with Crippen LogP contribution < -0.4 is 10.6 Å². The molecule has 0 aliphatic heterocycles. The monoisotopic (exact) mass is 376 g/mol. The molecule has 2 amide bonds. The van der Waals surface area contributed by atoms with Crippen LogP contribution in [0.15, 0.2) is 0 Å². The summed E-state index contributed by atoms with van der Waals surface area (Å²) < 4.78 is 14.8. The minimum absolute atomic E-state index is 0.0464. The standard InChI is InChI=1S/C17H32N2O7/c1-16(2,3)25-14(22)18-10-11(20)8-9-12(13(21)24-7)19-15(23)26-17(4,5)6/h11-12,20H,8-10H2,1-7H3,(H,18,22)(H,19,23)/t11-,12-/m0/s1. The van der Waals surface area contributed by atoms with Crippen molar-refractivity contribution in [1.29, 1.82) is 0 Å². The second-order valence-electron chi connectivity index (χ2n) is 7.84. The first-order chi connectivity index (χ1) is 11.7. The summed E-state index contributed by atoms with van der Waals surface area (Å²) in [7, 11) is 1.20. The molecule has 26 heavy (non-hydrogen) atoms. The van der Waals surface area contributed by atoms with Crippen molar-refractivity contribution in [3.63, 3.8) is 0 Å². The highest BCUT2D eigenvalue weighted by Crippen LogP contribution is 2.10. The van der Waals surface area contributed by atoms with Crippen LogP contribution in [0.25, 0.3) is 0 Å². The van der Waals surface area contributed by atoms with E-state index in [4.69, 9.17) is 9.47 Å². The SMILES string of the molecule is COC(=O)[C@H](CC[C@H](O)CNC(=O)OC(C)(C)C)NC(=O)OC(C)(C)C. The van der Waals surface area contributed by atoms with Gasteiger partial charge in [-0.25, -0.2) is 14.4 Å². The van der Waals surface area contributed by atoms with Crippen molar-refractivity contribution >= 4 is 18.2 Å². The highest BCUT2D eigenvalue weighted by molar-refractivity contribution is 5.81. The van der Waals surface area contributed by atoms with Gasteiger partial charge in [-0.1, -0.05) is 0 Å². The minimum atomic E-state index is -0.967. The Morgan fingerprint density at radius 2 is 1.42 bits per heavy atom. The van der Waals surface area contributed by atoms with Crippen molar-refractivity contribution < 1.29 is 33.7 Å². The number of amides is 2. The van der Waals surface area contributed by atoms with Gasteiger partial charge in [0.05, 0.1) is 13.2 Å². The smallest absolute Gasteiger partial charge is 0.408 e. The van der Waals surface area contributed by atoms with Gasteiger partial charge in [0.1, 0.15) is 17.2 Å². The van der Waals surface area contributed by atoms with E-state index >= 15 is 0 Å². The fraction of sp³-hybridized carbons (Fsp3) is 0.824. The number of aliphatic hydroxyl groups excluding tert-OH is 1. The van der Waals surface area contributed by atoms with Crippen LogP contribution in [0.4, 0.5) is 9.59 Å². The first-order valence-electron chi connectivity index (χ1n) is 8.46. The van der Waals surface area contributed by atoms with Crippen LogP contribution in [0.2, 0.25) is 0 Å². The molecular formula is C17H32N2O7. The molecule has 9 nitrogen and oxygen atoms in total. The number of carbonyl (C=O) groups is 3. The molecule has 0 spiro atoms. The number of hydrogen-bond donors (Lipinski definition) is 3. The van der Waals surface area contributed by atoms with E-state index in [1.165, 1.54) is 7.11 Å². The summed E-state index contributed by atoms with van der Waals surface area (Å²) in [6.07, 6.45) is -2.06. The number of rotatable bonds is 7. The van der Waals surface area contributed by atoms with Gasteiger partial charge in [0.25, 0.3) is 0 Å². The lowest BCUT2D eigenvalue weighted by atomic mass is 10.1. The Balaban J connectivity index is 4.45. The minimum Gasteiger partial charge on any atom is -0.467 e. The first-order valence-corrected chi connectivity index (χ1v) is 8.46. The molecule has 0 aromatic rings. The van der Waals surface area contributed by atoms with Crippen molar-refractivity contribution in [2.24, 2.45) is 0 Å². The van der Waals surface area contributed by atoms with Gasteiger partial charge in [0.2, 0.25) is 0 Å². The Hall–Kier alpha value is -2.03. The number of esters is 1. The largest absolute Gasteiger partial charge is 0.467 e. The summed E-state index contributed by atoms with van der Waals surface area (Å²) in [6.45, 7) is 10.2. The predicted molar refractivity (Wildman–Crippen MR) is 94.7 cm³/mol. The van der Waals surface area contributed by atoms with Gasteiger partial charge in [-0.2, -0.15) is 0 Å². The third-order valence-corrected chi connectivity index (χ3v) is 2.85. The maximum atomic E-state index is 11.8. The third kappa shape index (κ3) is 12.3. The van der Waals surface area contributed by atoms with E-state index in [0.717, 1.165) is 0 Å². The molecule has 152 valence electrons. The lowest BCUT2D eigenvalue weighted by molar-refractivity contribution is -0.143. The summed E-state index contributed by atoms with van der Waals surface area (Å²) in [5.74, 6) is -0.650. The number of carbonyl (C=O) groups excluding carboxylic acids is 3. The fourth-order valence-electron chi connectivity index (χ4n) is 1.82. The molecule has 0 fully saturated rings. The average molecular weight is 376 g/mol. The Labute approximate surface area is 154 Å². The van der Waals surface area contributed by atoms with E-state index in [1.807, 2.05) is 0 Å². The molecule has 0 rings (SSSR count). The molecule has 0 aromatic carbocycles. The van der Waals surface area contributed by atoms with E-state index in [0.29, 0.717) is 0 Å². The number of hydrogen-bond acceptors (Lipinski definition) is 7. The summed E-state index contributed by atoms with van der Waals surface area (Å²) >= 11 is 0. The van der Waals surface area contributed by atoms with Crippen LogP contribution >= 0.6 is 0 Å². The van der Waals surface area contributed by atoms with Crippen LogP contribution in [0.3, 0.4) is 0 Å². The van der Waals surface area contributed by atoms with Crippen molar-refractivity contribution in [3.8, 4) is 0 Å². The summed E-state index contributed by atoms with van der Waals surface area (Å²) in [6, 6.07) is -0.967. The molecule has 0 bridgehead atoms. The van der Waals surface area contributed by atoms with Crippen molar-refractivity contribution in [1.82, 2.24) is 10.6 Å². The molecule has 0 radical (unpaired) electrons. The molecular weight excluding hydrogens is 344 g/mol. The Morgan fingerprint density at radius 1 is 0.923 bits per heavy atom. The van der Waals surface area contributed by atoms with Gasteiger partial charge in [0.15, 0.2) is 0 Å². The maximum absolute atomic E-state index is 11.8. The van der Waals surface area contributed by atoms with Gasteiger partial charge in [0, 0.05) is 6.54 Å². The van der Waals surface area contributed by atoms with Crippen LogP contribution in [0.1, 0.15) is 54.4 Å². The quantitative estimate of drug-likeness (QED) is 0.456. The zero-order chi connectivity index (χ0) is 20.5. The van der Waals surface area contributed by atoms with E-state index < -0.39 is 41.5 Å². The molecule has 0 aliphatic carbocycles. The van der Waals surface area contributed by atoms with Gasteiger partial charge in [-0.05, 0) is 54.4 Å². The Bertz CT molecular complexity index is 480. The number of alkyl carbamates (subject to hydrolysis) is 2. The van der Waals surface area contributed by atoms with Crippen molar-refractivity contribution in [2.75, 3.05) is 13.7 Å². The molecule has 2 atom stereocenters. The Kier molecular flexibility index (Phi) is 9.40. The van der Waals surface area contributed by atoms with Crippen LogP contribution in [0.5, 0.6) is 0 Å². The lowest BCUT2D eigenvalue weighted by Gasteiger charge is -2.23. The Morgan fingerprint density at radius 3 is 1.88 bits per heavy atom. The first kappa shape index (κ1) is 24.0. The molecule has 0 aliphatic rings. The molecule has 0 saturated carbocycles. The van der Waals surface area contributed by atoms with E-state index in [9.17, 15) is 19.5 Å². The molecule has 0 unspecified atom stereocenters. The van der Waals surface area contributed by atoms with E-state index in [-0.39, 0.29) is 19.4 Å². The molecule has 0 heterocycles. The van der Waals surface area contributed by atoms with Gasteiger partial charge in [-0.3, -0.25) is 0 Å².